The van der Waals surface area contributed by atoms with E-state index < -0.39 is 0 Å². The first-order chi connectivity index (χ1) is 13.7. The maximum atomic E-state index is 12.2. The minimum atomic E-state index is -0.104. The lowest BCUT2D eigenvalue weighted by Crippen LogP contribution is -2.37. The predicted molar refractivity (Wildman–Crippen MR) is 116 cm³/mol. The van der Waals surface area contributed by atoms with Crippen LogP contribution in [0.5, 0.6) is 0 Å². The molecule has 28 heavy (non-hydrogen) atoms. The summed E-state index contributed by atoms with van der Waals surface area (Å²) in [6.45, 7) is 5.44. The number of nitrogens with one attached hydrogen (secondary N) is 3. The first-order valence-electron chi connectivity index (χ1n) is 11.1. The maximum absolute atomic E-state index is 12.2. The molecule has 2 unspecified atom stereocenters. The Hall–Kier alpha value is -2.01. The lowest BCUT2D eigenvalue weighted by molar-refractivity contribution is 0.181. The lowest BCUT2D eigenvalue weighted by atomic mass is 9.85. The standard InChI is InChI=1S/C23H34N4O/c1-2-3-4-5-11-24-23(28)26-18-8-9-22-20(15-18)21(16-25-22)17-10-13-27-12-6-7-19(27)14-17/h8-9,15-17,19,25H,2-7,10-14H2,1H3,(H2,24,26,28). The van der Waals surface area contributed by atoms with Crippen LogP contribution in [0.1, 0.15) is 69.8 Å². The quantitative estimate of drug-likeness (QED) is 0.576. The number of H-pyrrole nitrogens is 1. The molecule has 152 valence electrons. The van der Waals surface area contributed by atoms with Gasteiger partial charge in [-0.25, -0.2) is 4.79 Å². The van der Waals surface area contributed by atoms with Crippen LogP contribution in [0.4, 0.5) is 10.5 Å². The summed E-state index contributed by atoms with van der Waals surface area (Å²) < 4.78 is 0. The molecule has 5 heteroatoms. The number of fused-ring (bicyclic) bond motifs is 2. The van der Waals surface area contributed by atoms with Crippen molar-refractivity contribution < 1.29 is 4.79 Å². The van der Waals surface area contributed by atoms with Crippen molar-refractivity contribution in [2.75, 3.05) is 25.0 Å². The van der Waals surface area contributed by atoms with Crippen LogP contribution in [0.15, 0.2) is 24.4 Å². The third-order valence-corrected chi connectivity index (χ3v) is 6.55. The fourth-order valence-electron chi connectivity index (χ4n) is 4.99. The average molecular weight is 383 g/mol. The number of amides is 2. The lowest BCUT2D eigenvalue weighted by Gasteiger charge is -2.34. The minimum absolute atomic E-state index is 0.104. The van der Waals surface area contributed by atoms with Crippen LogP contribution < -0.4 is 10.6 Å². The molecule has 0 saturated carbocycles. The number of aromatic nitrogens is 1. The zero-order chi connectivity index (χ0) is 19.3. The van der Waals surface area contributed by atoms with Crippen LogP contribution in [0.2, 0.25) is 0 Å². The SMILES string of the molecule is CCCCCCNC(=O)Nc1ccc2[nH]cc(C3CCN4CCCC4C3)c2c1. The average Bonchev–Trinajstić information content (AvgIpc) is 3.33. The van der Waals surface area contributed by atoms with Gasteiger partial charge in [-0.15, -0.1) is 0 Å². The largest absolute Gasteiger partial charge is 0.361 e. The number of hydrogen-bond donors (Lipinski definition) is 3. The van der Waals surface area contributed by atoms with Gasteiger partial charge in [0.05, 0.1) is 0 Å². The van der Waals surface area contributed by atoms with Gasteiger partial charge < -0.3 is 20.5 Å². The van der Waals surface area contributed by atoms with Crippen molar-refractivity contribution >= 4 is 22.6 Å². The smallest absolute Gasteiger partial charge is 0.319 e. The maximum Gasteiger partial charge on any atom is 0.319 e. The molecule has 2 aliphatic heterocycles. The molecule has 1 aromatic heterocycles. The third-order valence-electron chi connectivity index (χ3n) is 6.55. The van der Waals surface area contributed by atoms with Crippen LogP contribution >= 0.6 is 0 Å². The zero-order valence-electron chi connectivity index (χ0n) is 17.1. The highest BCUT2D eigenvalue weighted by molar-refractivity contribution is 5.94. The molecular weight excluding hydrogens is 348 g/mol. The number of hydrogen-bond acceptors (Lipinski definition) is 2. The Morgan fingerprint density at radius 3 is 3.04 bits per heavy atom. The van der Waals surface area contributed by atoms with E-state index in [1.807, 2.05) is 6.07 Å². The predicted octanol–water partition coefficient (Wildman–Crippen LogP) is 5.21. The molecule has 2 aliphatic rings. The summed E-state index contributed by atoms with van der Waals surface area (Å²) in [4.78, 5) is 18.3. The van der Waals surface area contributed by atoms with Gasteiger partial charge in [0.15, 0.2) is 0 Å². The van der Waals surface area contributed by atoms with Crippen LogP contribution in [-0.4, -0.2) is 41.6 Å². The Kier molecular flexibility index (Phi) is 6.20. The summed E-state index contributed by atoms with van der Waals surface area (Å²) >= 11 is 0. The van der Waals surface area contributed by atoms with Crippen LogP contribution in [0.3, 0.4) is 0 Å². The third kappa shape index (κ3) is 4.35. The molecule has 2 saturated heterocycles. The van der Waals surface area contributed by atoms with Crippen molar-refractivity contribution in [2.24, 2.45) is 0 Å². The number of piperidine rings is 1. The molecule has 3 heterocycles. The van der Waals surface area contributed by atoms with Gasteiger partial charge in [-0.3, -0.25) is 0 Å². The second-order valence-corrected chi connectivity index (χ2v) is 8.50. The van der Waals surface area contributed by atoms with E-state index in [9.17, 15) is 4.79 Å². The molecule has 1 aromatic carbocycles. The molecule has 0 bridgehead atoms. The molecular formula is C23H34N4O. The van der Waals surface area contributed by atoms with Gasteiger partial charge in [0.1, 0.15) is 0 Å². The summed E-state index contributed by atoms with van der Waals surface area (Å²) in [6, 6.07) is 6.87. The van der Waals surface area contributed by atoms with Gasteiger partial charge in [0.25, 0.3) is 0 Å². The van der Waals surface area contributed by atoms with Gasteiger partial charge in [-0.2, -0.15) is 0 Å². The summed E-state index contributed by atoms with van der Waals surface area (Å²) in [6.07, 6.45) is 12.1. The first kappa shape index (κ1) is 19.3. The second kappa shape index (κ2) is 8.99. The van der Waals surface area contributed by atoms with E-state index in [4.69, 9.17) is 0 Å². The molecule has 5 nitrogen and oxygen atoms in total. The number of urea groups is 1. The second-order valence-electron chi connectivity index (χ2n) is 8.50. The fourth-order valence-corrected chi connectivity index (χ4v) is 4.99. The van der Waals surface area contributed by atoms with Gasteiger partial charge >= 0.3 is 6.03 Å². The van der Waals surface area contributed by atoms with Crippen LogP contribution in [0.25, 0.3) is 10.9 Å². The van der Waals surface area contributed by atoms with E-state index >= 15 is 0 Å². The van der Waals surface area contributed by atoms with Crippen molar-refractivity contribution in [3.05, 3.63) is 30.0 Å². The number of carbonyl (C=O) groups excluding carboxylic acids is 1. The van der Waals surface area contributed by atoms with Crippen molar-refractivity contribution in [1.29, 1.82) is 0 Å². The van der Waals surface area contributed by atoms with Crippen LogP contribution in [-0.2, 0) is 0 Å². The molecule has 0 radical (unpaired) electrons. The number of nitrogens with zero attached hydrogens (tertiary/aromatic N) is 1. The number of benzene rings is 1. The first-order valence-corrected chi connectivity index (χ1v) is 11.1. The van der Waals surface area contributed by atoms with Gasteiger partial charge in [-0.05, 0) is 74.9 Å². The fraction of sp³-hybridized carbons (Fsp3) is 0.609. The molecule has 2 amide bonds. The highest BCUT2D eigenvalue weighted by Gasteiger charge is 2.33. The zero-order valence-corrected chi connectivity index (χ0v) is 17.1. The van der Waals surface area contributed by atoms with E-state index in [1.165, 1.54) is 69.0 Å². The van der Waals surface area contributed by atoms with E-state index in [2.05, 4.69) is 45.8 Å². The highest BCUT2D eigenvalue weighted by Crippen LogP contribution is 2.39. The van der Waals surface area contributed by atoms with E-state index in [1.54, 1.807) is 0 Å². The molecule has 2 fully saturated rings. The molecule has 4 rings (SSSR count). The van der Waals surface area contributed by atoms with Crippen molar-refractivity contribution in [2.45, 2.75) is 70.3 Å². The number of carbonyl (C=O) groups is 1. The van der Waals surface area contributed by atoms with E-state index in [-0.39, 0.29) is 6.03 Å². The Balaban J connectivity index is 1.39. The van der Waals surface area contributed by atoms with Crippen LogP contribution in [0, 0.1) is 0 Å². The molecule has 3 N–H and O–H groups in total. The van der Waals surface area contributed by atoms with Crippen molar-refractivity contribution in [1.82, 2.24) is 15.2 Å². The topological polar surface area (TPSA) is 60.2 Å². The van der Waals surface area contributed by atoms with E-state index in [0.717, 1.165) is 30.2 Å². The Labute approximate surface area is 168 Å². The summed E-state index contributed by atoms with van der Waals surface area (Å²) in [7, 11) is 0. The van der Waals surface area contributed by atoms with Crippen molar-refractivity contribution in [3.63, 3.8) is 0 Å². The molecule has 0 spiro atoms. The minimum Gasteiger partial charge on any atom is -0.361 e. The number of unbranched alkanes of at least 4 members (excludes halogenated alkanes) is 3. The molecule has 0 aliphatic carbocycles. The van der Waals surface area contributed by atoms with E-state index in [0.29, 0.717) is 5.92 Å². The Morgan fingerprint density at radius 1 is 1.21 bits per heavy atom. The van der Waals surface area contributed by atoms with Gasteiger partial charge in [0, 0.05) is 35.4 Å². The van der Waals surface area contributed by atoms with Gasteiger partial charge in [0.2, 0.25) is 0 Å². The number of aromatic amines is 1. The Bertz CT molecular complexity index is 799. The normalized spacial score (nSPS) is 22.3. The Morgan fingerprint density at radius 2 is 2.14 bits per heavy atom. The number of rotatable bonds is 7. The summed E-state index contributed by atoms with van der Waals surface area (Å²) in [5.74, 6) is 0.621. The highest BCUT2D eigenvalue weighted by atomic mass is 16.2. The molecule has 2 atom stereocenters. The van der Waals surface area contributed by atoms with Crippen molar-refractivity contribution in [3.8, 4) is 0 Å². The van der Waals surface area contributed by atoms with Gasteiger partial charge in [-0.1, -0.05) is 26.2 Å². The number of anilines is 1. The molecule has 2 aromatic rings. The summed E-state index contributed by atoms with van der Waals surface area (Å²) in [5.41, 5.74) is 3.46. The summed E-state index contributed by atoms with van der Waals surface area (Å²) in [5, 5.41) is 7.24. The monoisotopic (exact) mass is 382 g/mol.